The molecule has 2 heterocycles. The smallest absolute Gasteiger partial charge is 0.230 e. The molecular weight excluding hydrogens is 326 g/mol. The lowest BCUT2D eigenvalue weighted by Crippen LogP contribution is -2.15. The molecule has 0 saturated heterocycles. The van der Waals surface area contributed by atoms with Crippen LogP contribution in [0.5, 0.6) is 0 Å². The maximum Gasteiger partial charge on any atom is 0.230 e. The first-order valence-electron chi connectivity index (χ1n) is 8.37. The Kier molecular flexibility index (Phi) is 3.77. The molecule has 6 nitrogen and oxygen atoms in total. The number of aryl methyl sites for hydroxylation is 1. The number of nitrogens with two attached hydrogens (primary N) is 1. The quantitative estimate of drug-likeness (QED) is 0.710. The monoisotopic (exact) mass is 343 g/mol. The highest BCUT2D eigenvalue weighted by atomic mass is 16.2. The number of benzene rings is 1. The van der Waals surface area contributed by atoms with Crippen LogP contribution in [0.3, 0.4) is 0 Å². The molecule has 0 radical (unpaired) electrons. The molecule has 1 aliphatic rings. The molecule has 1 aliphatic carbocycles. The average molecular weight is 343 g/mol. The van der Waals surface area contributed by atoms with E-state index in [4.69, 9.17) is 11.0 Å². The highest BCUT2D eigenvalue weighted by Gasteiger charge is 2.43. The van der Waals surface area contributed by atoms with Crippen LogP contribution in [0.25, 0.3) is 21.9 Å². The Bertz CT molecular complexity index is 1070. The fourth-order valence-corrected chi connectivity index (χ4v) is 3.12. The summed E-state index contributed by atoms with van der Waals surface area (Å²) in [5.41, 5.74) is 9.92. The van der Waals surface area contributed by atoms with Crippen molar-refractivity contribution in [2.45, 2.75) is 13.3 Å². The van der Waals surface area contributed by atoms with Crippen LogP contribution in [-0.2, 0) is 4.79 Å². The van der Waals surface area contributed by atoms with Gasteiger partial charge in [-0.2, -0.15) is 5.26 Å². The van der Waals surface area contributed by atoms with E-state index in [2.05, 4.69) is 21.4 Å². The molecule has 2 aromatic heterocycles. The topological polar surface area (TPSA) is 105 Å². The van der Waals surface area contributed by atoms with Crippen molar-refractivity contribution < 1.29 is 4.79 Å². The molecule has 6 heteroatoms. The van der Waals surface area contributed by atoms with Crippen molar-refractivity contribution >= 4 is 28.2 Å². The first-order valence-corrected chi connectivity index (χ1v) is 8.37. The number of pyridine rings is 2. The van der Waals surface area contributed by atoms with Gasteiger partial charge >= 0.3 is 0 Å². The normalized spacial score (nSPS) is 18.3. The largest absolute Gasteiger partial charge is 0.398 e. The molecule has 1 saturated carbocycles. The third-order valence-corrected chi connectivity index (χ3v) is 4.76. The Morgan fingerprint density at radius 2 is 2.19 bits per heavy atom. The summed E-state index contributed by atoms with van der Waals surface area (Å²) in [6.45, 7) is 2.02. The van der Waals surface area contributed by atoms with Gasteiger partial charge in [0.05, 0.1) is 17.9 Å². The second-order valence-electron chi connectivity index (χ2n) is 6.61. The fraction of sp³-hybridized carbons (Fsp3) is 0.200. The number of nitrogens with zero attached hydrogens (tertiary/aromatic N) is 3. The van der Waals surface area contributed by atoms with Gasteiger partial charge in [-0.25, -0.2) is 4.98 Å². The molecule has 4 rings (SSSR count). The van der Waals surface area contributed by atoms with Gasteiger partial charge in [0, 0.05) is 35.2 Å². The number of carbonyl (C=O) groups is 1. The highest BCUT2D eigenvalue weighted by Crippen LogP contribution is 2.38. The van der Waals surface area contributed by atoms with E-state index in [1.54, 1.807) is 12.4 Å². The van der Waals surface area contributed by atoms with Gasteiger partial charge in [0.25, 0.3) is 0 Å². The summed E-state index contributed by atoms with van der Waals surface area (Å²) in [5, 5.41) is 13.4. The molecule has 128 valence electrons. The number of nitriles is 1. The van der Waals surface area contributed by atoms with Crippen molar-refractivity contribution in [3.05, 3.63) is 48.4 Å². The number of fused-ring (bicyclic) bond motifs is 1. The number of anilines is 2. The Hall–Kier alpha value is -3.46. The third kappa shape index (κ3) is 2.84. The first kappa shape index (κ1) is 16.0. The SMILES string of the molecule is Cc1ccncc1-c1cc(N)c2cnc(NC(=O)[C@H]3CC3C#N)cc2c1. The Balaban J connectivity index is 1.70. The van der Waals surface area contributed by atoms with E-state index in [1.165, 1.54) is 0 Å². The Morgan fingerprint density at radius 1 is 1.35 bits per heavy atom. The Morgan fingerprint density at radius 3 is 2.92 bits per heavy atom. The van der Waals surface area contributed by atoms with Crippen LogP contribution >= 0.6 is 0 Å². The van der Waals surface area contributed by atoms with Gasteiger partial charge < -0.3 is 11.1 Å². The zero-order valence-corrected chi connectivity index (χ0v) is 14.2. The van der Waals surface area contributed by atoms with E-state index in [-0.39, 0.29) is 17.7 Å². The number of nitrogen functional groups attached to an aromatic ring is 1. The lowest BCUT2D eigenvalue weighted by molar-refractivity contribution is -0.117. The summed E-state index contributed by atoms with van der Waals surface area (Å²) in [6.07, 6.45) is 5.85. The van der Waals surface area contributed by atoms with Gasteiger partial charge in [-0.1, -0.05) is 0 Å². The van der Waals surface area contributed by atoms with Crippen molar-refractivity contribution in [1.82, 2.24) is 9.97 Å². The van der Waals surface area contributed by atoms with Crippen molar-refractivity contribution in [1.29, 1.82) is 5.26 Å². The van der Waals surface area contributed by atoms with Gasteiger partial charge in [-0.3, -0.25) is 9.78 Å². The molecule has 26 heavy (non-hydrogen) atoms. The van der Waals surface area contributed by atoms with E-state index in [0.29, 0.717) is 17.9 Å². The highest BCUT2D eigenvalue weighted by molar-refractivity contribution is 6.00. The van der Waals surface area contributed by atoms with Gasteiger partial charge in [-0.05, 0) is 54.1 Å². The van der Waals surface area contributed by atoms with Crippen LogP contribution in [0.15, 0.2) is 42.9 Å². The fourth-order valence-electron chi connectivity index (χ4n) is 3.12. The summed E-state index contributed by atoms with van der Waals surface area (Å²) in [5.74, 6) is -0.0978. The van der Waals surface area contributed by atoms with Gasteiger partial charge in [-0.15, -0.1) is 0 Å². The maximum atomic E-state index is 12.1. The number of rotatable bonds is 3. The number of aromatic nitrogens is 2. The number of hydrogen-bond acceptors (Lipinski definition) is 5. The molecule has 3 aromatic rings. The van der Waals surface area contributed by atoms with Crippen LogP contribution in [0.1, 0.15) is 12.0 Å². The zero-order valence-electron chi connectivity index (χ0n) is 14.2. The summed E-state index contributed by atoms with van der Waals surface area (Å²) >= 11 is 0. The summed E-state index contributed by atoms with van der Waals surface area (Å²) in [6, 6.07) is 9.81. The molecule has 0 spiro atoms. The second-order valence-corrected chi connectivity index (χ2v) is 6.61. The lowest BCUT2D eigenvalue weighted by Gasteiger charge is -2.11. The van der Waals surface area contributed by atoms with Crippen LogP contribution < -0.4 is 11.1 Å². The second kappa shape index (κ2) is 6.12. The van der Waals surface area contributed by atoms with Crippen LogP contribution in [0.2, 0.25) is 0 Å². The average Bonchev–Trinajstić information content (AvgIpc) is 3.42. The van der Waals surface area contributed by atoms with Crippen molar-refractivity contribution in [3.8, 4) is 17.2 Å². The minimum absolute atomic E-state index is 0.157. The van der Waals surface area contributed by atoms with Crippen LogP contribution in [0, 0.1) is 30.1 Å². The third-order valence-electron chi connectivity index (χ3n) is 4.76. The zero-order chi connectivity index (χ0) is 18.3. The number of carbonyl (C=O) groups excluding carboxylic acids is 1. The minimum Gasteiger partial charge on any atom is -0.398 e. The lowest BCUT2D eigenvalue weighted by atomic mass is 9.99. The number of nitrogens with one attached hydrogen (secondary N) is 1. The van der Waals surface area contributed by atoms with Gasteiger partial charge in [0.2, 0.25) is 5.91 Å². The van der Waals surface area contributed by atoms with Gasteiger partial charge in [0.1, 0.15) is 5.82 Å². The molecule has 2 atom stereocenters. The first-order chi connectivity index (χ1) is 12.6. The van der Waals surface area contributed by atoms with Crippen molar-refractivity contribution in [2.75, 3.05) is 11.1 Å². The molecule has 1 unspecified atom stereocenters. The van der Waals surface area contributed by atoms with Crippen molar-refractivity contribution in [2.24, 2.45) is 11.8 Å². The molecule has 1 aromatic carbocycles. The summed E-state index contributed by atoms with van der Waals surface area (Å²) < 4.78 is 0. The molecule has 3 N–H and O–H groups in total. The predicted octanol–water partition coefficient (Wildman–Crippen LogP) is 3.29. The van der Waals surface area contributed by atoms with E-state index >= 15 is 0 Å². The van der Waals surface area contributed by atoms with E-state index in [9.17, 15) is 4.79 Å². The predicted molar refractivity (Wildman–Crippen MR) is 100.0 cm³/mol. The Labute approximate surface area is 150 Å². The van der Waals surface area contributed by atoms with E-state index < -0.39 is 0 Å². The van der Waals surface area contributed by atoms with Crippen molar-refractivity contribution in [3.63, 3.8) is 0 Å². The summed E-state index contributed by atoms with van der Waals surface area (Å²) in [4.78, 5) is 20.6. The van der Waals surface area contributed by atoms with E-state index in [0.717, 1.165) is 27.5 Å². The molecule has 0 bridgehead atoms. The molecular formula is C20H17N5O. The molecule has 0 aliphatic heterocycles. The standard InChI is InChI=1S/C20H17N5O/c1-11-2-3-23-9-16(11)12-4-13-7-19(24-10-17(13)18(22)6-12)25-20(26)15-5-14(15)8-21/h2-4,6-7,9-10,14-15H,5,22H2,1H3,(H,24,25,26)/t14?,15-/m0/s1. The van der Waals surface area contributed by atoms with E-state index in [1.807, 2.05) is 37.4 Å². The van der Waals surface area contributed by atoms with Gasteiger partial charge in [0.15, 0.2) is 0 Å². The number of amides is 1. The number of hydrogen-bond donors (Lipinski definition) is 2. The van der Waals surface area contributed by atoms with Crippen LogP contribution in [0.4, 0.5) is 11.5 Å². The van der Waals surface area contributed by atoms with Crippen LogP contribution in [-0.4, -0.2) is 15.9 Å². The maximum absolute atomic E-state index is 12.1. The minimum atomic E-state index is -0.230. The molecule has 1 amide bonds. The molecule has 1 fully saturated rings. The summed E-state index contributed by atoms with van der Waals surface area (Å²) in [7, 11) is 0.